The van der Waals surface area contributed by atoms with Gasteiger partial charge in [-0.15, -0.1) is 0 Å². The van der Waals surface area contributed by atoms with Crippen LogP contribution in [0.15, 0.2) is 12.4 Å². The van der Waals surface area contributed by atoms with Gasteiger partial charge in [0, 0.05) is 0 Å². The van der Waals surface area contributed by atoms with Crippen LogP contribution in [-0.4, -0.2) is 4.98 Å². The lowest BCUT2D eigenvalue weighted by Crippen LogP contribution is -2.41. The van der Waals surface area contributed by atoms with Crippen molar-refractivity contribution in [1.29, 1.82) is 0 Å². The summed E-state index contributed by atoms with van der Waals surface area (Å²) in [7, 11) is 0. The van der Waals surface area contributed by atoms with Crippen LogP contribution in [0.25, 0.3) is 0 Å². The van der Waals surface area contributed by atoms with Gasteiger partial charge in [0.15, 0.2) is 0 Å². The maximum absolute atomic E-state index is 3.74. The average molecular weight is 574 g/mol. The summed E-state index contributed by atoms with van der Waals surface area (Å²) in [5.74, 6) is 2.25. The van der Waals surface area contributed by atoms with E-state index in [4.69, 9.17) is 0 Å². The van der Waals surface area contributed by atoms with Crippen LogP contribution in [0.4, 0.5) is 0 Å². The number of hydrogen-bond acceptors (Lipinski definition) is 0. The van der Waals surface area contributed by atoms with Crippen molar-refractivity contribution in [1.82, 2.24) is 4.98 Å². The highest BCUT2D eigenvalue weighted by Crippen LogP contribution is 2.27. The van der Waals surface area contributed by atoms with Crippen molar-refractivity contribution >= 4 is 0 Å². The average Bonchev–Trinajstić information content (AvgIpc) is 3.47. The number of hydrogen-bond donors (Lipinski definition) is 1. The van der Waals surface area contributed by atoms with Crippen LogP contribution in [0, 0.1) is 0 Å². The third-order valence-electron chi connectivity index (χ3n) is 9.64. The van der Waals surface area contributed by atoms with Crippen molar-refractivity contribution < 1.29 is 4.57 Å². The summed E-state index contributed by atoms with van der Waals surface area (Å²) in [6, 6.07) is 0.620. The highest BCUT2D eigenvalue weighted by atomic mass is 15.1. The molecule has 1 aromatic heterocycles. The number of H-pyrrole nitrogens is 1. The van der Waals surface area contributed by atoms with E-state index in [0.717, 1.165) is 0 Å². The fourth-order valence-corrected chi connectivity index (χ4v) is 6.78. The molecule has 0 bridgehead atoms. The molecule has 1 N–H and O–H groups in total. The van der Waals surface area contributed by atoms with Crippen molar-refractivity contribution in [2.24, 2.45) is 0 Å². The van der Waals surface area contributed by atoms with Crippen molar-refractivity contribution in [3.05, 3.63) is 18.2 Å². The van der Waals surface area contributed by atoms with E-state index < -0.39 is 0 Å². The molecule has 1 aromatic rings. The Morgan fingerprint density at radius 3 is 1.15 bits per heavy atom. The second-order valence-electron chi connectivity index (χ2n) is 13.6. The van der Waals surface area contributed by atoms with Crippen LogP contribution in [0.3, 0.4) is 0 Å². The molecule has 41 heavy (non-hydrogen) atoms. The van der Waals surface area contributed by atoms with Crippen LogP contribution in [-0.2, 0) is 0 Å². The second-order valence-corrected chi connectivity index (χ2v) is 13.6. The van der Waals surface area contributed by atoms with Crippen molar-refractivity contribution in [3.63, 3.8) is 0 Å². The standard InChI is InChI=1S/C39H76N2/c1-5-8-11-14-17-19-20-21-23-24-26-29-32-37(4)41-36-35-40-39(41)38(33-30-27-16-13-10-7-3)34-31-28-25-22-18-15-12-9-6-2/h35-38H,5-34H2,1-4H3/p+1. The number of nitrogens with zero attached hydrogens (tertiary/aromatic N) is 1. The van der Waals surface area contributed by atoms with Crippen LogP contribution in [0.2, 0.25) is 0 Å². The van der Waals surface area contributed by atoms with E-state index in [2.05, 4.69) is 49.6 Å². The van der Waals surface area contributed by atoms with Gasteiger partial charge in [-0.1, -0.05) is 188 Å². The zero-order chi connectivity index (χ0) is 29.6. The van der Waals surface area contributed by atoms with Crippen molar-refractivity contribution in [2.75, 3.05) is 0 Å². The summed E-state index contributed by atoms with van der Waals surface area (Å²) in [5.41, 5.74) is 0. The number of aromatic nitrogens is 2. The molecule has 2 nitrogen and oxygen atoms in total. The Morgan fingerprint density at radius 2 is 0.780 bits per heavy atom. The lowest BCUT2D eigenvalue weighted by atomic mass is 9.92. The summed E-state index contributed by atoms with van der Waals surface area (Å²) in [4.78, 5) is 3.74. The highest BCUT2D eigenvalue weighted by molar-refractivity contribution is 4.90. The second kappa shape index (κ2) is 29.3. The molecule has 2 heteroatoms. The van der Waals surface area contributed by atoms with Gasteiger partial charge in [-0.25, -0.2) is 9.55 Å². The van der Waals surface area contributed by atoms with Crippen LogP contribution < -0.4 is 4.57 Å². The van der Waals surface area contributed by atoms with Gasteiger partial charge in [0.05, 0.1) is 12.0 Å². The monoisotopic (exact) mass is 574 g/mol. The highest BCUT2D eigenvalue weighted by Gasteiger charge is 2.25. The Balaban J connectivity index is 2.38. The van der Waals surface area contributed by atoms with E-state index >= 15 is 0 Å². The molecule has 0 saturated heterocycles. The Bertz CT molecular complexity index is 635. The summed E-state index contributed by atoms with van der Waals surface area (Å²) >= 11 is 0. The SMILES string of the molecule is CCCCCCCCCCCCCCC(C)[n+]1cc[nH]c1C(CCCCCCCC)CCCCCCCCCCC. The van der Waals surface area contributed by atoms with Crippen molar-refractivity contribution in [3.8, 4) is 0 Å². The van der Waals surface area contributed by atoms with Crippen LogP contribution >= 0.6 is 0 Å². The van der Waals surface area contributed by atoms with Gasteiger partial charge in [-0.05, 0) is 32.6 Å². The van der Waals surface area contributed by atoms with Crippen molar-refractivity contribution in [2.45, 2.75) is 232 Å². The lowest BCUT2D eigenvalue weighted by Gasteiger charge is -2.17. The summed E-state index contributed by atoms with van der Waals surface area (Å²) in [6.45, 7) is 9.42. The topological polar surface area (TPSA) is 19.7 Å². The first-order valence-corrected chi connectivity index (χ1v) is 19.3. The fraction of sp³-hybridized carbons (Fsp3) is 0.923. The Kier molecular flexibility index (Phi) is 27.3. The first-order chi connectivity index (χ1) is 20.2. The molecule has 1 rings (SSSR count). The minimum Gasteiger partial charge on any atom is -0.247 e. The van der Waals surface area contributed by atoms with E-state index in [1.54, 1.807) is 0 Å². The summed E-state index contributed by atoms with van der Waals surface area (Å²) in [5, 5.41) is 0. The largest absolute Gasteiger partial charge is 0.257 e. The summed E-state index contributed by atoms with van der Waals surface area (Å²) < 4.78 is 2.63. The zero-order valence-corrected chi connectivity index (χ0v) is 29.0. The van der Waals surface area contributed by atoms with Gasteiger partial charge in [0.25, 0.3) is 5.82 Å². The van der Waals surface area contributed by atoms with E-state index in [0.29, 0.717) is 12.0 Å². The van der Waals surface area contributed by atoms with E-state index in [1.165, 1.54) is 198 Å². The number of nitrogens with one attached hydrogen (secondary N) is 1. The number of rotatable bonds is 32. The minimum atomic E-state index is 0.620. The molecule has 0 aliphatic heterocycles. The van der Waals surface area contributed by atoms with Crippen LogP contribution in [0.1, 0.15) is 238 Å². The van der Waals surface area contributed by atoms with E-state index in [9.17, 15) is 0 Å². The number of imidazole rings is 1. The van der Waals surface area contributed by atoms with Crippen LogP contribution in [0.5, 0.6) is 0 Å². The maximum Gasteiger partial charge on any atom is 0.257 e. The molecule has 0 radical (unpaired) electrons. The smallest absolute Gasteiger partial charge is 0.247 e. The predicted molar refractivity (Wildman–Crippen MR) is 184 cm³/mol. The Hall–Kier alpha value is -0.790. The van der Waals surface area contributed by atoms with Gasteiger partial charge in [-0.3, -0.25) is 0 Å². The fourth-order valence-electron chi connectivity index (χ4n) is 6.78. The lowest BCUT2D eigenvalue weighted by molar-refractivity contribution is -0.727. The minimum absolute atomic E-state index is 0.620. The van der Waals surface area contributed by atoms with Gasteiger partial charge in [0.2, 0.25) is 0 Å². The number of aromatic amines is 1. The molecule has 0 aliphatic carbocycles. The normalized spacial score (nSPS) is 13.2. The third kappa shape index (κ3) is 21.5. The Morgan fingerprint density at radius 1 is 0.463 bits per heavy atom. The molecule has 0 saturated carbocycles. The van der Waals surface area contributed by atoms with E-state index in [1.807, 2.05) is 0 Å². The molecule has 0 aromatic carbocycles. The van der Waals surface area contributed by atoms with Gasteiger partial charge in [-0.2, -0.15) is 0 Å². The Labute approximate surface area is 259 Å². The molecule has 0 amide bonds. The number of unbranched alkanes of at least 4 members (excludes halogenated alkanes) is 24. The maximum atomic E-state index is 3.74. The first-order valence-electron chi connectivity index (χ1n) is 19.3. The zero-order valence-electron chi connectivity index (χ0n) is 29.0. The molecule has 0 spiro atoms. The molecule has 2 atom stereocenters. The molecule has 2 unspecified atom stereocenters. The summed E-state index contributed by atoms with van der Waals surface area (Å²) in [6.07, 6.45) is 47.2. The molecule has 0 fully saturated rings. The molecule has 1 heterocycles. The molecule has 242 valence electrons. The predicted octanol–water partition coefficient (Wildman–Crippen LogP) is 13.7. The quantitative estimate of drug-likeness (QED) is 0.0653. The third-order valence-corrected chi connectivity index (χ3v) is 9.64. The van der Waals surface area contributed by atoms with Gasteiger partial charge < -0.3 is 0 Å². The molecule has 0 aliphatic rings. The van der Waals surface area contributed by atoms with E-state index in [-0.39, 0.29) is 0 Å². The first kappa shape index (κ1) is 38.2. The molecular formula is C39H77N2+. The van der Waals surface area contributed by atoms with Gasteiger partial charge in [0.1, 0.15) is 12.4 Å². The molecular weight excluding hydrogens is 496 g/mol. The van der Waals surface area contributed by atoms with Gasteiger partial charge >= 0.3 is 0 Å².